The number of nitrogens with one attached hydrogen (secondary N) is 1. The molecule has 2 aromatic rings. The summed E-state index contributed by atoms with van der Waals surface area (Å²) in [6.07, 6.45) is 1.90. The van der Waals surface area contributed by atoms with Gasteiger partial charge in [0.1, 0.15) is 5.75 Å². The van der Waals surface area contributed by atoms with Crippen molar-refractivity contribution in [2.45, 2.75) is 6.42 Å². The quantitative estimate of drug-likeness (QED) is 0.939. The van der Waals surface area contributed by atoms with Gasteiger partial charge in [0.25, 0.3) is 0 Å². The van der Waals surface area contributed by atoms with Crippen LogP contribution in [0, 0.1) is 0 Å². The molecule has 94 valence electrons. The first-order valence-electron chi connectivity index (χ1n) is 5.21. The van der Waals surface area contributed by atoms with Gasteiger partial charge in [0.15, 0.2) is 5.13 Å². The molecule has 0 fully saturated rings. The van der Waals surface area contributed by atoms with Crippen molar-refractivity contribution in [3.05, 3.63) is 39.8 Å². The Hall–Kier alpha value is -1.40. The Labute approximate surface area is 117 Å². The van der Waals surface area contributed by atoms with Crippen molar-refractivity contribution in [2.75, 3.05) is 12.4 Å². The van der Waals surface area contributed by atoms with Gasteiger partial charge >= 0.3 is 0 Å². The zero-order valence-electron chi connectivity index (χ0n) is 9.64. The molecule has 1 N–H and O–H groups in total. The van der Waals surface area contributed by atoms with Crippen LogP contribution in [-0.4, -0.2) is 18.0 Å². The number of methoxy groups -OCH3 is 1. The molecule has 18 heavy (non-hydrogen) atoms. The predicted octanol–water partition coefficient (Wildman–Crippen LogP) is 3.10. The zero-order chi connectivity index (χ0) is 13.0. The fourth-order valence-electron chi connectivity index (χ4n) is 1.51. The molecule has 0 atom stereocenters. The van der Waals surface area contributed by atoms with E-state index in [1.54, 1.807) is 13.3 Å². The number of hydrogen-bond donors (Lipinski definition) is 1. The van der Waals surface area contributed by atoms with Crippen LogP contribution in [0.4, 0.5) is 5.13 Å². The molecule has 0 unspecified atom stereocenters. The van der Waals surface area contributed by atoms with Crippen molar-refractivity contribution in [1.29, 1.82) is 0 Å². The topological polar surface area (TPSA) is 51.2 Å². The van der Waals surface area contributed by atoms with Crippen molar-refractivity contribution in [2.24, 2.45) is 0 Å². The minimum absolute atomic E-state index is 0.110. The number of aromatic nitrogens is 1. The largest absolute Gasteiger partial charge is 0.496 e. The van der Waals surface area contributed by atoms with E-state index in [1.807, 2.05) is 23.6 Å². The number of amides is 1. The Morgan fingerprint density at radius 3 is 3.06 bits per heavy atom. The van der Waals surface area contributed by atoms with Gasteiger partial charge in [-0.05, 0) is 18.2 Å². The fourth-order valence-corrected chi connectivity index (χ4v) is 2.46. The summed E-state index contributed by atoms with van der Waals surface area (Å²) in [5, 5.41) is 5.16. The third-order valence-electron chi connectivity index (χ3n) is 2.27. The lowest BCUT2D eigenvalue weighted by molar-refractivity contribution is -0.115. The van der Waals surface area contributed by atoms with Gasteiger partial charge in [-0.2, -0.15) is 0 Å². The summed E-state index contributed by atoms with van der Waals surface area (Å²) >= 11 is 4.77. The minimum atomic E-state index is -0.110. The average Bonchev–Trinajstić information content (AvgIpc) is 2.82. The number of nitrogens with zero attached hydrogens (tertiary/aromatic N) is 1. The first-order valence-corrected chi connectivity index (χ1v) is 6.88. The molecule has 0 spiro atoms. The number of thiazole rings is 1. The van der Waals surface area contributed by atoms with Crippen molar-refractivity contribution in [3.8, 4) is 5.75 Å². The Morgan fingerprint density at radius 1 is 1.56 bits per heavy atom. The van der Waals surface area contributed by atoms with Crippen molar-refractivity contribution in [3.63, 3.8) is 0 Å². The molecule has 1 heterocycles. The lowest BCUT2D eigenvalue weighted by atomic mass is 10.1. The number of hydrogen-bond acceptors (Lipinski definition) is 4. The smallest absolute Gasteiger partial charge is 0.230 e. The van der Waals surface area contributed by atoms with Crippen LogP contribution in [0.2, 0.25) is 0 Å². The number of anilines is 1. The van der Waals surface area contributed by atoms with Gasteiger partial charge in [-0.25, -0.2) is 4.98 Å². The first-order chi connectivity index (χ1) is 8.69. The maximum absolute atomic E-state index is 11.8. The molecular weight excluding hydrogens is 316 g/mol. The Kier molecular flexibility index (Phi) is 4.33. The highest BCUT2D eigenvalue weighted by Crippen LogP contribution is 2.23. The van der Waals surface area contributed by atoms with E-state index in [0.717, 1.165) is 10.0 Å². The van der Waals surface area contributed by atoms with Crippen LogP contribution in [-0.2, 0) is 11.2 Å². The van der Waals surface area contributed by atoms with Crippen molar-refractivity contribution >= 4 is 38.3 Å². The molecule has 1 aromatic heterocycles. The molecular formula is C12H11BrN2O2S. The van der Waals surface area contributed by atoms with Crippen LogP contribution < -0.4 is 10.1 Å². The number of ether oxygens (including phenoxy) is 1. The van der Waals surface area contributed by atoms with Crippen LogP contribution in [0.3, 0.4) is 0 Å². The van der Waals surface area contributed by atoms with Crippen LogP contribution in [0.15, 0.2) is 34.2 Å². The predicted molar refractivity (Wildman–Crippen MR) is 75.1 cm³/mol. The van der Waals surface area contributed by atoms with E-state index >= 15 is 0 Å². The zero-order valence-corrected chi connectivity index (χ0v) is 12.0. The third-order valence-corrected chi connectivity index (χ3v) is 3.45. The van der Waals surface area contributed by atoms with Gasteiger partial charge in [0.05, 0.1) is 13.5 Å². The summed E-state index contributed by atoms with van der Waals surface area (Å²) < 4.78 is 6.14. The Morgan fingerprint density at radius 2 is 2.39 bits per heavy atom. The van der Waals surface area contributed by atoms with Crippen LogP contribution in [0.5, 0.6) is 5.75 Å². The van der Waals surface area contributed by atoms with E-state index in [1.165, 1.54) is 11.3 Å². The van der Waals surface area contributed by atoms with E-state index in [0.29, 0.717) is 10.9 Å². The monoisotopic (exact) mass is 326 g/mol. The molecule has 4 nitrogen and oxygen atoms in total. The second-order valence-electron chi connectivity index (χ2n) is 3.52. The second-order valence-corrected chi connectivity index (χ2v) is 5.33. The average molecular weight is 327 g/mol. The van der Waals surface area contributed by atoms with Crippen molar-refractivity contribution in [1.82, 2.24) is 4.98 Å². The summed E-state index contributed by atoms with van der Waals surface area (Å²) in [6.45, 7) is 0. The minimum Gasteiger partial charge on any atom is -0.496 e. The molecule has 0 bridgehead atoms. The number of halogens is 1. The lowest BCUT2D eigenvalue weighted by Crippen LogP contribution is -2.14. The molecule has 2 rings (SSSR count). The molecule has 0 radical (unpaired) electrons. The third kappa shape index (κ3) is 3.30. The van der Waals surface area contributed by atoms with Gasteiger partial charge in [-0.3, -0.25) is 4.79 Å². The van der Waals surface area contributed by atoms with E-state index in [9.17, 15) is 4.79 Å². The summed E-state index contributed by atoms with van der Waals surface area (Å²) in [5.41, 5.74) is 0.834. The molecule has 0 aliphatic heterocycles. The van der Waals surface area contributed by atoms with Crippen LogP contribution >= 0.6 is 27.3 Å². The van der Waals surface area contributed by atoms with E-state index < -0.39 is 0 Å². The summed E-state index contributed by atoms with van der Waals surface area (Å²) in [7, 11) is 1.59. The molecule has 0 saturated carbocycles. The van der Waals surface area contributed by atoms with E-state index in [-0.39, 0.29) is 12.3 Å². The first kappa shape index (κ1) is 13.0. The van der Waals surface area contributed by atoms with Crippen LogP contribution in [0.25, 0.3) is 0 Å². The lowest BCUT2D eigenvalue weighted by Gasteiger charge is -2.08. The molecule has 6 heteroatoms. The maximum Gasteiger partial charge on any atom is 0.230 e. The molecule has 0 saturated heterocycles. The van der Waals surface area contributed by atoms with Crippen LogP contribution in [0.1, 0.15) is 5.56 Å². The standard InChI is InChI=1S/C12H11BrN2O2S/c1-17-10-3-2-9(13)6-8(10)7-11(16)15-12-14-4-5-18-12/h2-6H,7H2,1H3,(H,14,15,16). The number of carbonyl (C=O) groups is 1. The van der Waals surface area contributed by atoms with E-state index in [4.69, 9.17) is 4.74 Å². The second kappa shape index (κ2) is 5.97. The maximum atomic E-state index is 11.8. The summed E-state index contributed by atoms with van der Waals surface area (Å²) in [6, 6.07) is 5.58. The molecule has 0 aliphatic rings. The molecule has 1 amide bonds. The Bertz CT molecular complexity index is 543. The highest BCUT2D eigenvalue weighted by molar-refractivity contribution is 9.10. The van der Waals surface area contributed by atoms with Gasteiger partial charge in [0, 0.05) is 21.6 Å². The highest BCUT2D eigenvalue weighted by Gasteiger charge is 2.10. The molecule has 0 aliphatic carbocycles. The molecule has 1 aromatic carbocycles. The van der Waals surface area contributed by atoms with Gasteiger partial charge in [-0.15, -0.1) is 11.3 Å². The van der Waals surface area contributed by atoms with Gasteiger partial charge in [0.2, 0.25) is 5.91 Å². The highest BCUT2D eigenvalue weighted by atomic mass is 79.9. The van der Waals surface area contributed by atoms with Crippen molar-refractivity contribution < 1.29 is 9.53 Å². The van der Waals surface area contributed by atoms with E-state index in [2.05, 4.69) is 26.2 Å². The fraction of sp³-hybridized carbons (Fsp3) is 0.167. The number of rotatable bonds is 4. The summed E-state index contributed by atoms with van der Waals surface area (Å²) in [4.78, 5) is 15.8. The number of carbonyl (C=O) groups excluding carboxylic acids is 1. The summed E-state index contributed by atoms with van der Waals surface area (Å²) in [5.74, 6) is 0.592. The SMILES string of the molecule is COc1ccc(Br)cc1CC(=O)Nc1nccs1. The normalized spacial score (nSPS) is 10.1. The van der Waals surface area contributed by atoms with Gasteiger partial charge < -0.3 is 10.1 Å². The number of benzene rings is 1. The Balaban J connectivity index is 2.08. The van der Waals surface area contributed by atoms with Gasteiger partial charge in [-0.1, -0.05) is 15.9 Å².